The van der Waals surface area contributed by atoms with Crippen LogP contribution in [0.5, 0.6) is 5.75 Å². The Hall–Kier alpha value is -3.81. The number of hydrogen-bond acceptors (Lipinski definition) is 4. The number of H-pyrrole nitrogens is 1. The highest BCUT2D eigenvalue weighted by Gasteiger charge is 2.23. The highest BCUT2D eigenvalue weighted by atomic mass is 35.5. The van der Waals surface area contributed by atoms with Crippen molar-refractivity contribution in [3.05, 3.63) is 101 Å². The lowest BCUT2D eigenvalue weighted by Gasteiger charge is -2.28. The van der Waals surface area contributed by atoms with Crippen LogP contribution >= 0.6 is 11.6 Å². The summed E-state index contributed by atoms with van der Waals surface area (Å²) in [6, 6.07) is 22.4. The minimum absolute atomic E-state index is 0.0755. The molecule has 4 rings (SSSR count). The molecule has 3 aromatic carbocycles. The van der Waals surface area contributed by atoms with Gasteiger partial charge in [-0.25, -0.2) is 0 Å². The number of rotatable bonds is 12. The fourth-order valence-corrected chi connectivity index (χ4v) is 4.54. The number of methoxy groups -OCH3 is 2. The zero-order chi connectivity index (χ0) is 26.9. The van der Waals surface area contributed by atoms with Gasteiger partial charge in [0.15, 0.2) is 0 Å². The number of para-hydroxylation sites is 2. The van der Waals surface area contributed by atoms with E-state index in [0.29, 0.717) is 42.5 Å². The van der Waals surface area contributed by atoms with Crippen molar-refractivity contribution in [2.24, 2.45) is 0 Å². The van der Waals surface area contributed by atoms with Gasteiger partial charge < -0.3 is 24.3 Å². The Morgan fingerprint density at radius 1 is 0.868 bits per heavy atom. The van der Waals surface area contributed by atoms with Gasteiger partial charge in [-0.05, 0) is 48.4 Å². The lowest BCUT2D eigenvalue weighted by molar-refractivity contribution is -0.132. The molecular formula is C30H32ClN3O4. The average molecular weight is 534 g/mol. The fraction of sp³-hybridized carbons (Fsp3) is 0.267. The van der Waals surface area contributed by atoms with Crippen molar-refractivity contribution >= 4 is 34.3 Å². The molecule has 7 nitrogen and oxygen atoms in total. The Morgan fingerprint density at radius 2 is 1.61 bits per heavy atom. The maximum absolute atomic E-state index is 13.8. The smallest absolute Gasteiger partial charge is 0.254 e. The number of aromatic amines is 1. The molecule has 0 spiro atoms. The van der Waals surface area contributed by atoms with Crippen LogP contribution in [0.4, 0.5) is 0 Å². The molecule has 1 heterocycles. The third-order valence-electron chi connectivity index (χ3n) is 6.50. The van der Waals surface area contributed by atoms with Crippen molar-refractivity contribution in [3.63, 3.8) is 0 Å². The summed E-state index contributed by atoms with van der Waals surface area (Å²) in [4.78, 5) is 33.7. The maximum atomic E-state index is 13.8. The molecule has 8 heteroatoms. The monoisotopic (exact) mass is 533 g/mol. The van der Waals surface area contributed by atoms with Crippen LogP contribution in [0.1, 0.15) is 21.5 Å². The predicted octanol–water partition coefficient (Wildman–Crippen LogP) is 5.19. The predicted molar refractivity (Wildman–Crippen MR) is 150 cm³/mol. The van der Waals surface area contributed by atoms with Crippen LogP contribution in [0.2, 0.25) is 5.02 Å². The highest BCUT2D eigenvalue weighted by molar-refractivity contribution is 6.30. The van der Waals surface area contributed by atoms with E-state index in [1.54, 1.807) is 43.4 Å². The van der Waals surface area contributed by atoms with Gasteiger partial charge >= 0.3 is 0 Å². The molecule has 38 heavy (non-hydrogen) atoms. The first kappa shape index (κ1) is 27.2. The van der Waals surface area contributed by atoms with Gasteiger partial charge in [-0.3, -0.25) is 9.59 Å². The molecule has 1 aromatic heterocycles. The number of halogens is 1. The SMILES string of the molecule is COCCN(CC(=O)N(CCc1c[nH]c2ccccc12)Cc1ccccc1OC)C(=O)c1ccc(Cl)cc1. The second-order valence-electron chi connectivity index (χ2n) is 8.96. The fourth-order valence-electron chi connectivity index (χ4n) is 4.42. The van der Waals surface area contributed by atoms with Crippen molar-refractivity contribution < 1.29 is 19.1 Å². The summed E-state index contributed by atoms with van der Waals surface area (Å²) in [6.45, 7) is 1.36. The molecule has 198 valence electrons. The zero-order valence-corrected chi connectivity index (χ0v) is 22.4. The highest BCUT2D eigenvalue weighted by Crippen LogP contribution is 2.22. The number of carbonyl (C=O) groups excluding carboxylic acids is 2. The lowest BCUT2D eigenvalue weighted by atomic mass is 10.1. The van der Waals surface area contributed by atoms with Gasteiger partial charge in [-0.1, -0.05) is 48.0 Å². The van der Waals surface area contributed by atoms with E-state index in [2.05, 4.69) is 11.1 Å². The zero-order valence-electron chi connectivity index (χ0n) is 21.7. The van der Waals surface area contributed by atoms with Gasteiger partial charge in [0, 0.05) is 60.0 Å². The van der Waals surface area contributed by atoms with E-state index in [4.69, 9.17) is 21.1 Å². The number of carbonyl (C=O) groups is 2. The van der Waals surface area contributed by atoms with Gasteiger partial charge in [0.05, 0.1) is 13.7 Å². The average Bonchev–Trinajstić information content (AvgIpc) is 3.36. The van der Waals surface area contributed by atoms with E-state index < -0.39 is 0 Å². The molecule has 4 aromatic rings. The van der Waals surface area contributed by atoms with Gasteiger partial charge in [0.2, 0.25) is 5.91 Å². The summed E-state index contributed by atoms with van der Waals surface area (Å²) in [5.74, 6) is 0.306. The summed E-state index contributed by atoms with van der Waals surface area (Å²) >= 11 is 6.00. The Bertz CT molecular complexity index is 1370. The molecule has 0 atom stereocenters. The van der Waals surface area contributed by atoms with Crippen molar-refractivity contribution in [2.75, 3.05) is 40.5 Å². The molecule has 0 fully saturated rings. The van der Waals surface area contributed by atoms with Gasteiger partial charge in [0.25, 0.3) is 5.91 Å². The van der Waals surface area contributed by atoms with Crippen molar-refractivity contribution in [1.29, 1.82) is 0 Å². The van der Waals surface area contributed by atoms with Crippen LogP contribution in [-0.2, 0) is 22.5 Å². The second-order valence-corrected chi connectivity index (χ2v) is 9.40. The third-order valence-corrected chi connectivity index (χ3v) is 6.75. The number of benzene rings is 3. The molecular weight excluding hydrogens is 502 g/mol. The van der Waals surface area contributed by atoms with Crippen molar-refractivity contribution in [3.8, 4) is 5.75 Å². The number of hydrogen-bond donors (Lipinski definition) is 1. The molecule has 0 saturated heterocycles. The van der Waals surface area contributed by atoms with E-state index in [1.165, 1.54) is 4.90 Å². The van der Waals surface area contributed by atoms with Crippen molar-refractivity contribution in [2.45, 2.75) is 13.0 Å². The first-order valence-electron chi connectivity index (χ1n) is 12.5. The minimum atomic E-state index is -0.249. The molecule has 0 radical (unpaired) electrons. The maximum Gasteiger partial charge on any atom is 0.254 e. The number of aromatic nitrogens is 1. The topological polar surface area (TPSA) is 74.9 Å². The Labute approximate surface area is 227 Å². The van der Waals surface area contributed by atoms with Crippen LogP contribution in [0, 0.1) is 0 Å². The van der Waals surface area contributed by atoms with E-state index >= 15 is 0 Å². The summed E-state index contributed by atoms with van der Waals surface area (Å²) in [6.07, 6.45) is 2.65. The molecule has 0 aliphatic carbocycles. The quantitative estimate of drug-likeness (QED) is 0.272. The number of nitrogens with one attached hydrogen (secondary N) is 1. The number of fused-ring (bicyclic) bond motifs is 1. The lowest BCUT2D eigenvalue weighted by Crippen LogP contribution is -2.44. The number of ether oxygens (including phenoxy) is 2. The van der Waals surface area contributed by atoms with Crippen molar-refractivity contribution in [1.82, 2.24) is 14.8 Å². The standard InChI is InChI=1S/C30H32ClN3O4/c1-37-18-17-34(30(36)22-11-13-25(31)14-12-22)21-29(35)33(20-24-7-3-6-10-28(24)38-2)16-15-23-19-32-27-9-5-4-8-26(23)27/h3-14,19,32H,15-18,20-21H2,1-2H3. The summed E-state index contributed by atoms with van der Waals surface area (Å²) in [7, 11) is 3.19. The molecule has 2 amide bonds. The Kier molecular flexibility index (Phi) is 9.40. The van der Waals surface area contributed by atoms with Crippen LogP contribution in [0.15, 0.2) is 79.0 Å². The summed E-state index contributed by atoms with van der Waals surface area (Å²) in [5.41, 5.74) is 3.56. The van der Waals surface area contributed by atoms with Gasteiger partial charge in [0.1, 0.15) is 12.3 Å². The summed E-state index contributed by atoms with van der Waals surface area (Å²) < 4.78 is 10.8. The first-order chi connectivity index (χ1) is 18.5. The van der Waals surface area contributed by atoms with Crippen LogP contribution in [0.3, 0.4) is 0 Å². The number of amides is 2. The third kappa shape index (κ3) is 6.73. The van der Waals surface area contributed by atoms with E-state index in [0.717, 1.165) is 22.0 Å². The van der Waals surface area contributed by atoms with Gasteiger partial charge in [-0.15, -0.1) is 0 Å². The normalized spacial score (nSPS) is 10.9. The van der Waals surface area contributed by atoms with E-state index in [1.807, 2.05) is 48.7 Å². The van der Waals surface area contributed by atoms with E-state index in [-0.39, 0.29) is 24.9 Å². The van der Waals surface area contributed by atoms with Crippen LogP contribution in [-0.4, -0.2) is 67.1 Å². The molecule has 0 unspecified atom stereocenters. The molecule has 1 N–H and O–H groups in total. The Morgan fingerprint density at radius 3 is 2.37 bits per heavy atom. The van der Waals surface area contributed by atoms with Crippen LogP contribution < -0.4 is 4.74 Å². The Balaban J connectivity index is 1.56. The second kappa shape index (κ2) is 13.1. The first-order valence-corrected chi connectivity index (χ1v) is 12.9. The van der Waals surface area contributed by atoms with Crippen LogP contribution in [0.25, 0.3) is 10.9 Å². The molecule has 0 aliphatic heterocycles. The van der Waals surface area contributed by atoms with E-state index in [9.17, 15) is 9.59 Å². The largest absolute Gasteiger partial charge is 0.496 e. The molecule has 0 saturated carbocycles. The molecule has 0 bridgehead atoms. The minimum Gasteiger partial charge on any atom is -0.496 e. The molecule has 0 aliphatic rings. The summed E-state index contributed by atoms with van der Waals surface area (Å²) in [5, 5.41) is 1.68. The van der Waals surface area contributed by atoms with Gasteiger partial charge in [-0.2, -0.15) is 0 Å². The number of nitrogens with zero attached hydrogens (tertiary/aromatic N) is 2.